The van der Waals surface area contributed by atoms with Gasteiger partial charge < -0.3 is 4.57 Å². The Morgan fingerprint density at radius 2 is 2.11 bits per heavy atom. The van der Waals surface area contributed by atoms with Gasteiger partial charge in [0.25, 0.3) is 10.0 Å². The minimum absolute atomic E-state index is 0.0861. The predicted molar refractivity (Wildman–Crippen MR) is 67.6 cm³/mol. The van der Waals surface area contributed by atoms with Crippen LogP contribution in [0.25, 0.3) is 0 Å². The maximum atomic E-state index is 13.4. The highest BCUT2D eigenvalue weighted by atomic mass is 32.2. The Hall–Kier alpha value is -1.96. The fourth-order valence-corrected chi connectivity index (χ4v) is 2.33. The van der Waals surface area contributed by atoms with Crippen LogP contribution in [-0.4, -0.2) is 23.0 Å². The van der Waals surface area contributed by atoms with E-state index < -0.39 is 15.8 Å². The van der Waals surface area contributed by atoms with Crippen LogP contribution in [0.4, 0.5) is 10.2 Å². The molecule has 0 aliphatic heterocycles. The smallest absolute Gasteiger partial charge is 0.282 e. The molecule has 0 amide bonds. The van der Waals surface area contributed by atoms with Crippen LogP contribution in [0, 0.1) is 5.82 Å². The van der Waals surface area contributed by atoms with Crippen LogP contribution in [0.2, 0.25) is 0 Å². The molecule has 2 aromatic rings. The molecule has 2 heterocycles. The Balaban J connectivity index is 2.30. The Morgan fingerprint density at radius 1 is 1.37 bits per heavy atom. The van der Waals surface area contributed by atoms with Gasteiger partial charge >= 0.3 is 0 Å². The van der Waals surface area contributed by atoms with Gasteiger partial charge in [0.15, 0.2) is 16.7 Å². The lowest BCUT2D eigenvalue weighted by atomic mass is 10.4. The zero-order valence-corrected chi connectivity index (χ0v) is 11.2. The molecule has 0 saturated heterocycles. The number of anilines is 1. The van der Waals surface area contributed by atoms with Crippen LogP contribution in [0.15, 0.2) is 35.9 Å². The molecule has 0 fully saturated rings. The molecule has 2 aromatic heterocycles. The van der Waals surface area contributed by atoms with Gasteiger partial charge in [0.1, 0.15) is 0 Å². The van der Waals surface area contributed by atoms with E-state index in [-0.39, 0.29) is 16.9 Å². The number of hydrogen-bond donors (Lipinski definition) is 1. The zero-order chi connectivity index (χ0) is 14.0. The molecule has 0 radical (unpaired) electrons. The van der Waals surface area contributed by atoms with Crippen molar-refractivity contribution in [1.29, 1.82) is 0 Å². The summed E-state index contributed by atoms with van der Waals surface area (Å²) in [5, 5.41) is -0.175. The Bertz CT molecular complexity index is 682. The summed E-state index contributed by atoms with van der Waals surface area (Å²) in [5.74, 6) is -1.09. The van der Waals surface area contributed by atoms with Crippen molar-refractivity contribution in [2.75, 3.05) is 4.72 Å². The van der Waals surface area contributed by atoms with Gasteiger partial charge in [-0.05, 0) is 26.0 Å². The van der Waals surface area contributed by atoms with E-state index in [1.165, 1.54) is 24.8 Å². The Labute approximate surface area is 110 Å². The first-order valence-electron chi connectivity index (χ1n) is 5.57. The van der Waals surface area contributed by atoms with Crippen molar-refractivity contribution >= 4 is 15.8 Å². The van der Waals surface area contributed by atoms with E-state index >= 15 is 0 Å². The topological polar surface area (TPSA) is 76.9 Å². The molecule has 19 heavy (non-hydrogen) atoms. The number of rotatable bonds is 4. The van der Waals surface area contributed by atoms with Crippen molar-refractivity contribution in [3.05, 3.63) is 36.7 Å². The van der Waals surface area contributed by atoms with E-state index in [4.69, 9.17) is 0 Å². The van der Waals surface area contributed by atoms with Crippen molar-refractivity contribution in [2.24, 2.45) is 0 Å². The predicted octanol–water partition coefficient (Wildman–Crippen LogP) is 1.80. The van der Waals surface area contributed by atoms with Crippen molar-refractivity contribution < 1.29 is 12.8 Å². The number of pyridine rings is 1. The third-order valence-electron chi connectivity index (χ3n) is 2.44. The molecular formula is C11H13FN4O2S. The number of imidazole rings is 1. The van der Waals surface area contributed by atoms with Crippen molar-refractivity contribution in [3.63, 3.8) is 0 Å². The number of nitrogens with zero attached hydrogens (tertiary/aromatic N) is 3. The van der Waals surface area contributed by atoms with Crippen LogP contribution in [0.5, 0.6) is 0 Å². The Morgan fingerprint density at radius 3 is 2.68 bits per heavy atom. The molecule has 0 aliphatic rings. The van der Waals surface area contributed by atoms with Crippen LogP contribution in [0.3, 0.4) is 0 Å². The maximum absolute atomic E-state index is 13.4. The second kappa shape index (κ2) is 4.96. The average molecular weight is 284 g/mol. The molecule has 0 saturated carbocycles. The second-order valence-electron chi connectivity index (χ2n) is 4.19. The van der Waals surface area contributed by atoms with Gasteiger partial charge in [-0.3, -0.25) is 4.72 Å². The van der Waals surface area contributed by atoms with Gasteiger partial charge in [0, 0.05) is 18.4 Å². The van der Waals surface area contributed by atoms with Crippen molar-refractivity contribution in [3.8, 4) is 0 Å². The van der Waals surface area contributed by atoms with Gasteiger partial charge in [-0.1, -0.05) is 0 Å². The summed E-state index contributed by atoms with van der Waals surface area (Å²) >= 11 is 0. The molecule has 6 nitrogen and oxygen atoms in total. The first-order chi connectivity index (χ1) is 8.90. The summed E-state index contributed by atoms with van der Waals surface area (Å²) in [7, 11) is -3.93. The maximum Gasteiger partial charge on any atom is 0.282 e. The minimum atomic E-state index is -3.93. The first-order valence-corrected chi connectivity index (χ1v) is 7.05. The molecule has 2 rings (SSSR count). The number of hydrogen-bond acceptors (Lipinski definition) is 4. The number of halogens is 1. The van der Waals surface area contributed by atoms with E-state index in [0.717, 1.165) is 6.07 Å². The summed E-state index contributed by atoms with van der Waals surface area (Å²) in [5.41, 5.74) is 0. The molecule has 1 N–H and O–H groups in total. The highest BCUT2D eigenvalue weighted by Gasteiger charge is 2.20. The third-order valence-corrected chi connectivity index (χ3v) is 3.66. The lowest BCUT2D eigenvalue weighted by molar-refractivity contribution is 0.590. The highest BCUT2D eigenvalue weighted by molar-refractivity contribution is 7.92. The van der Waals surface area contributed by atoms with E-state index in [1.54, 1.807) is 4.57 Å². The fourth-order valence-electron chi connectivity index (χ4n) is 1.38. The summed E-state index contributed by atoms with van der Waals surface area (Å²) in [4.78, 5) is 7.43. The number of aromatic nitrogens is 3. The van der Waals surface area contributed by atoms with E-state index in [0.29, 0.717) is 0 Å². The van der Waals surface area contributed by atoms with E-state index in [9.17, 15) is 12.8 Å². The summed E-state index contributed by atoms with van der Waals surface area (Å²) in [6.07, 6.45) is 4.09. The molecule has 0 atom stereocenters. The highest BCUT2D eigenvalue weighted by Crippen LogP contribution is 2.16. The minimum Gasteiger partial charge on any atom is -0.334 e. The average Bonchev–Trinajstić information content (AvgIpc) is 2.82. The summed E-state index contributed by atoms with van der Waals surface area (Å²) in [6.45, 7) is 3.79. The van der Waals surface area contributed by atoms with Crippen LogP contribution >= 0.6 is 0 Å². The van der Waals surface area contributed by atoms with E-state index in [2.05, 4.69) is 14.7 Å². The van der Waals surface area contributed by atoms with Gasteiger partial charge in [-0.15, -0.1) is 0 Å². The van der Waals surface area contributed by atoms with Gasteiger partial charge in [-0.25, -0.2) is 14.4 Å². The Kier molecular flexibility index (Phi) is 3.52. The SMILES string of the molecule is CC(C)n1cnc(S(=O)(=O)Nc2ncccc2F)c1. The molecule has 8 heteroatoms. The summed E-state index contributed by atoms with van der Waals surface area (Å²) in [6, 6.07) is 2.58. The number of nitrogens with one attached hydrogen (secondary N) is 1. The van der Waals surface area contributed by atoms with Crippen LogP contribution in [-0.2, 0) is 10.0 Å². The van der Waals surface area contributed by atoms with Crippen molar-refractivity contribution in [2.45, 2.75) is 24.9 Å². The summed E-state index contributed by atoms with van der Waals surface area (Å²) < 4.78 is 41.1. The lowest BCUT2D eigenvalue weighted by Gasteiger charge is -2.06. The van der Waals surface area contributed by atoms with Crippen LogP contribution in [0.1, 0.15) is 19.9 Å². The molecule has 0 aromatic carbocycles. The monoisotopic (exact) mass is 284 g/mol. The van der Waals surface area contributed by atoms with E-state index in [1.807, 2.05) is 13.8 Å². The van der Waals surface area contributed by atoms with Crippen LogP contribution < -0.4 is 4.72 Å². The van der Waals surface area contributed by atoms with Gasteiger partial charge in [0.05, 0.1) is 6.33 Å². The third kappa shape index (κ3) is 2.90. The van der Waals surface area contributed by atoms with Gasteiger partial charge in [-0.2, -0.15) is 8.42 Å². The molecule has 0 spiro atoms. The second-order valence-corrected chi connectivity index (χ2v) is 5.82. The molecule has 102 valence electrons. The quantitative estimate of drug-likeness (QED) is 0.928. The molecule has 0 bridgehead atoms. The molecule has 0 unspecified atom stereocenters. The van der Waals surface area contributed by atoms with Crippen molar-refractivity contribution in [1.82, 2.24) is 14.5 Å². The number of sulfonamides is 1. The zero-order valence-electron chi connectivity index (χ0n) is 10.4. The largest absolute Gasteiger partial charge is 0.334 e. The molecule has 0 aliphatic carbocycles. The first kappa shape index (κ1) is 13.5. The molecular weight excluding hydrogens is 271 g/mol. The normalized spacial score (nSPS) is 11.8. The standard InChI is InChI=1S/C11H13FN4O2S/c1-8(2)16-6-10(14-7-16)19(17,18)15-11-9(12)4-3-5-13-11/h3-8H,1-2H3,(H,13,15). The lowest BCUT2D eigenvalue weighted by Crippen LogP contribution is -2.15. The fraction of sp³-hybridized carbons (Fsp3) is 0.273. The van der Waals surface area contributed by atoms with Gasteiger partial charge in [0.2, 0.25) is 0 Å².